The van der Waals surface area contributed by atoms with E-state index in [-0.39, 0.29) is 24.7 Å². The van der Waals surface area contributed by atoms with Crippen LogP contribution in [0.1, 0.15) is 43.5 Å². The molecule has 0 unspecified atom stereocenters. The van der Waals surface area contributed by atoms with Crippen molar-refractivity contribution in [3.63, 3.8) is 0 Å². The van der Waals surface area contributed by atoms with Gasteiger partial charge in [0.05, 0.1) is 6.54 Å². The minimum absolute atomic E-state index is 0.0316. The molecule has 3 rings (SSSR count). The lowest BCUT2D eigenvalue weighted by Gasteiger charge is -2.44. The summed E-state index contributed by atoms with van der Waals surface area (Å²) in [6, 6.07) is 4.88. The molecule has 1 saturated carbocycles. The molecule has 0 bridgehead atoms. The first kappa shape index (κ1) is 20.2. The van der Waals surface area contributed by atoms with Crippen LogP contribution in [0.4, 0.5) is 0 Å². The summed E-state index contributed by atoms with van der Waals surface area (Å²) in [6.45, 7) is 16.9. The van der Waals surface area contributed by atoms with E-state index in [0.717, 1.165) is 35.5 Å². The van der Waals surface area contributed by atoms with E-state index in [4.69, 9.17) is 9.47 Å². The molecular formula is C23H29NO4. The zero-order chi connectivity index (χ0) is 20.5. The van der Waals surface area contributed by atoms with E-state index in [1.54, 1.807) is 18.2 Å². The van der Waals surface area contributed by atoms with Gasteiger partial charge in [-0.05, 0) is 61.6 Å². The highest BCUT2D eigenvalue weighted by atomic mass is 16.7. The number of rotatable bonds is 6. The van der Waals surface area contributed by atoms with Crippen molar-refractivity contribution in [2.45, 2.75) is 33.1 Å². The molecule has 0 saturated heterocycles. The number of ether oxygens (including phenoxy) is 2. The molecule has 1 amide bonds. The normalized spacial score (nSPS) is 25.8. The van der Waals surface area contributed by atoms with Crippen LogP contribution in [-0.4, -0.2) is 29.5 Å². The Bertz CT molecular complexity index is 815. The smallest absolute Gasteiger partial charge is 0.277 e. The topological polar surface area (TPSA) is 59.0 Å². The van der Waals surface area contributed by atoms with Gasteiger partial charge >= 0.3 is 0 Å². The fourth-order valence-electron chi connectivity index (χ4n) is 4.28. The highest BCUT2D eigenvalue weighted by Crippen LogP contribution is 2.48. The maximum Gasteiger partial charge on any atom is 0.277 e. The molecule has 1 aliphatic carbocycles. The highest BCUT2D eigenvalue weighted by molar-refractivity contribution is 5.94. The molecular weight excluding hydrogens is 354 g/mol. The number of amides is 1. The van der Waals surface area contributed by atoms with Gasteiger partial charge in [0, 0.05) is 5.56 Å². The van der Waals surface area contributed by atoms with E-state index in [1.807, 2.05) is 6.08 Å². The van der Waals surface area contributed by atoms with Gasteiger partial charge < -0.3 is 9.47 Å². The van der Waals surface area contributed by atoms with E-state index in [9.17, 15) is 10.0 Å². The van der Waals surface area contributed by atoms with Crippen LogP contribution < -0.4 is 9.47 Å². The number of hydrogen-bond acceptors (Lipinski definition) is 4. The predicted molar refractivity (Wildman–Crippen MR) is 108 cm³/mol. The average Bonchev–Trinajstić information content (AvgIpc) is 3.15. The van der Waals surface area contributed by atoms with Crippen molar-refractivity contribution in [3.8, 4) is 11.5 Å². The predicted octanol–water partition coefficient (Wildman–Crippen LogP) is 4.99. The summed E-state index contributed by atoms with van der Waals surface area (Å²) in [5, 5.41) is 11.1. The van der Waals surface area contributed by atoms with E-state index >= 15 is 0 Å². The number of hydrogen-bond donors (Lipinski definition) is 1. The number of hydroxylamine groups is 2. The molecule has 3 atom stereocenters. The van der Waals surface area contributed by atoms with Crippen LogP contribution in [0.2, 0.25) is 0 Å². The first-order valence-electron chi connectivity index (χ1n) is 9.62. The number of benzene rings is 1. The average molecular weight is 383 g/mol. The second kappa shape index (κ2) is 7.84. The maximum absolute atomic E-state index is 12.6. The number of allylic oxidation sites excluding steroid dienone is 2. The van der Waals surface area contributed by atoms with Gasteiger partial charge in [0.25, 0.3) is 5.91 Å². The summed E-state index contributed by atoms with van der Waals surface area (Å²) in [7, 11) is 0. The van der Waals surface area contributed by atoms with Gasteiger partial charge in [0.1, 0.15) is 0 Å². The number of carbonyl (C=O) groups excluding carboxylic acids is 1. The van der Waals surface area contributed by atoms with Gasteiger partial charge in [-0.25, -0.2) is 5.06 Å². The maximum atomic E-state index is 12.6. The largest absolute Gasteiger partial charge is 0.454 e. The van der Waals surface area contributed by atoms with Crippen molar-refractivity contribution in [2.24, 2.45) is 17.3 Å². The molecule has 5 heteroatoms. The molecule has 0 radical (unpaired) electrons. The van der Waals surface area contributed by atoms with Crippen LogP contribution >= 0.6 is 0 Å². The Labute approximate surface area is 166 Å². The van der Waals surface area contributed by atoms with Gasteiger partial charge in [-0.2, -0.15) is 0 Å². The number of fused-ring (bicyclic) bond motifs is 1. The second-order valence-electron chi connectivity index (χ2n) is 8.17. The van der Waals surface area contributed by atoms with Crippen LogP contribution in [-0.2, 0) is 0 Å². The first-order chi connectivity index (χ1) is 13.2. The number of nitrogens with zero attached hydrogens (tertiary/aromatic N) is 1. The quantitative estimate of drug-likeness (QED) is 0.427. The molecule has 2 aliphatic rings. The molecule has 1 aliphatic heterocycles. The Balaban J connectivity index is 1.64. The fourth-order valence-corrected chi connectivity index (χ4v) is 4.28. The first-order valence-corrected chi connectivity index (χ1v) is 9.62. The van der Waals surface area contributed by atoms with Crippen LogP contribution in [0.25, 0.3) is 0 Å². The molecule has 1 heterocycles. The summed E-state index contributed by atoms with van der Waals surface area (Å²) in [5.41, 5.74) is 2.37. The summed E-state index contributed by atoms with van der Waals surface area (Å²) in [6.07, 6.45) is 4.88. The Morgan fingerprint density at radius 1 is 1.36 bits per heavy atom. The molecule has 0 spiro atoms. The molecule has 0 aromatic heterocycles. The van der Waals surface area contributed by atoms with Crippen molar-refractivity contribution < 1.29 is 19.5 Å². The van der Waals surface area contributed by atoms with Gasteiger partial charge in [-0.1, -0.05) is 37.3 Å². The highest BCUT2D eigenvalue weighted by Gasteiger charge is 2.39. The third-order valence-electron chi connectivity index (χ3n) is 6.19. The van der Waals surface area contributed by atoms with E-state index in [2.05, 4.69) is 33.6 Å². The van der Waals surface area contributed by atoms with Crippen molar-refractivity contribution in [1.29, 1.82) is 0 Å². The molecule has 28 heavy (non-hydrogen) atoms. The second-order valence-corrected chi connectivity index (χ2v) is 8.17. The Morgan fingerprint density at radius 3 is 2.75 bits per heavy atom. The van der Waals surface area contributed by atoms with Crippen molar-refractivity contribution in [3.05, 3.63) is 60.7 Å². The van der Waals surface area contributed by atoms with E-state index in [0.29, 0.717) is 23.0 Å². The summed E-state index contributed by atoms with van der Waals surface area (Å²) >= 11 is 0. The SMILES string of the molecule is C=C[C@]1(C)CC[C@@H](C(=C)CN(O)C(=O)c2ccc3c(c2)OCO3)C[C@H]1C(=C)C. The fraction of sp³-hybridized carbons (Fsp3) is 0.435. The third kappa shape index (κ3) is 3.85. The summed E-state index contributed by atoms with van der Waals surface area (Å²) in [4.78, 5) is 12.6. The zero-order valence-electron chi connectivity index (χ0n) is 16.7. The van der Waals surface area contributed by atoms with Crippen molar-refractivity contribution in [1.82, 2.24) is 5.06 Å². The standard InChI is InChI=1S/C23H29NO4/c1-6-23(5)10-9-17(11-19(23)15(2)3)16(4)13-24(26)22(25)18-7-8-20-21(12-18)28-14-27-20/h6-8,12,17,19,26H,1-2,4,9-11,13-14H2,3,5H3/t17-,19+,23-/m1/s1. The lowest BCUT2D eigenvalue weighted by molar-refractivity contribution is -0.0532. The summed E-state index contributed by atoms with van der Waals surface area (Å²) < 4.78 is 10.6. The van der Waals surface area contributed by atoms with Gasteiger partial charge in [-0.15, -0.1) is 6.58 Å². The Morgan fingerprint density at radius 2 is 2.07 bits per heavy atom. The van der Waals surface area contributed by atoms with Gasteiger partial charge in [0.15, 0.2) is 11.5 Å². The van der Waals surface area contributed by atoms with Crippen molar-refractivity contribution >= 4 is 5.91 Å². The molecule has 5 nitrogen and oxygen atoms in total. The van der Waals surface area contributed by atoms with Crippen LogP contribution in [0.3, 0.4) is 0 Å². The molecule has 1 fully saturated rings. The lowest BCUT2D eigenvalue weighted by Crippen LogP contribution is -2.36. The van der Waals surface area contributed by atoms with Crippen LogP contribution in [0.15, 0.2) is 55.2 Å². The van der Waals surface area contributed by atoms with E-state index in [1.165, 1.54) is 0 Å². The Hall–Kier alpha value is -2.53. The van der Waals surface area contributed by atoms with Gasteiger partial charge in [0.2, 0.25) is 6.79 Å². The minimum Gasteiger partial charge on any atom is -0.454 e. The molecule has 1 aromatic rings. The zero-order valence-corrected chi connectivity index (χ0v) is 16.7. The van der Waals surface area contributed by atoms with Crippen LogP contribution in [0, 0.1) is 17.3 Å². The van der Waals surface area contributed by atoms with Gasteiger partial charge in [-0.3, -0.25) is 10.0 Å². The molecule has 1 aromatic carbocycles. The number of carbonyl (C=O) groups is 1. The monoisotopic (exact) mass is 383 g/mol. The minimum atomic E-state index is -0.484. The molecule has 1 N–H and O–H groups in total. The summed E-state index contributed by atoms with van der Waals surface area (Å²) in [5.74, 6) is 1.18. The van der Waals surface area contributed by atoms with Crippen LogP contribution in [0.5, 0.6) is 11.5 Å². The van der Waals surface area contributed by atoms with E-state index < -0.39 is 5.91 Å². The van der Waals surface area contributed by atoms with Crippen molar-refractivity contribution in [2.75, 3.05) is 13.3 Å². The molecule has 150 valence electrons. The lowest BCUT2D eigenvalue weighted by atomic mass is 9.61. The Kier molecular flexibility index (Phi) is 5.66. The third-order valence-corrected chi connectivity index (χ3v) is 6.19.